The lowest BCUT2D eigenvalue weighted by Crippen LogP contribution is -2.34. The van der Waals surface area contributed by atoms with Gasteiger partial charge in [0.25, 0.3) is 0 Å². The summed E-state index contributed by atoms with van der Waals surface area (Å²) >= 11 is 6.05. The summed E-state index contributed by atoms with van der Waals surface area (Å²) in [6.45, 7) is 3.91. The number of ether oxygens (including phenoxy) is 1. The summed E-state index contributed by atoms with van der Waals surface area (Å²) < 4.78 is 4.64. The van der Waals surface area contributed by atoms with Crippen LogP contribution in [0, 0.1) is 11.8 Å². The van der Waals surface area contributed by atoms with Crippen LogP contribution < -0.4 is 10.6 Å². The maximum Gasteiger partial charge on any atom is 0.337 e. The van der Waals surface area contributed by atoms with Crippen LogP contribution in [0.2, 0.25) is 5.02 Å². The number of nitrogens with one attached hydrogen (secondary N) is 2. The molecule has 1 aromatic rings. The monoisotopic (exact) mass is 352 g/mol. The predicted molar refractivity (Wildman–Crippen MR) is 90.9 cm³/mol. The average Bonchev–Trinajstić information content (AvgIpc) is 3.36. The number of carbonyl (C=O) groups is 3. The van der Waals surface area contributed by atoms with Gasteiger partial charge in [0, 0.05) is 6.04 Å². The van der Waals surface area contributed by atoms with E-state index in [-0.39, 0.29) is 29.7 Å². The number of carbonyl (C=O) groups excluding carboxylic acids is 3. The van der Waals surface area contributed by atoms with Crippen LogP contribution in [0.5, 0.6) is 0 Å². The van der Waals surface area contributed by atoms with Crippen LogP contribution in [0.25, 0.3) is 0 Å². The molecule has 2 rings (SSSR count). The minimum absolute atomic E-state index is 0.0907. The first-order chi connectivity index (χ1) is 11.4. The van der Waals surface area contributed by atoms with Crippen molar-refractivity contribution in [2.45, 2.75) is 32.7 Å². The molecule has 7 heteroatoms. The number of hydrogen-bond donors (Lipinski definition) is 2. The van der Waals surface area contributed by atoms with Crippen LogP contribution in [0.4, 0.5) is 5.69 Å². The molecule has 24 heavy (non-hydrogen) atoms. The van der Waals surface area contributed by atoms with E-state index in [1.807, 2.05) is 13.8 Å². The predicted octanol–water partition coefficient (Wildman–Crippen LogP) is 2.62. The van der Waals surface area contributed by atoms with E-state index in [9.17, 15) is 14.4 Å². The number of benzene rings is 1. The van der Waals surface area contributed by atoms with Crippen molar-refractivity contribution < 1.29 is 19.1 Å². The van der Waals surface area contributed by atoms with Gasteiger partial charge in [-0.15, -0.1) is 0 Å². The fraction of sp³-hybridized carbons (Fsp3) is 0.471. The Hall–Kier alpha value is -2.08. The Balaban J connectivity index is 1.99. The minimum Gasteiger partial charge on any atom is -0.465 e. The highest BCUT2D eigenvalue weighted by Crippen LogP contribution is 2.40. The largest absolute Gasteiger partial charge is 0.465 e. The molecule has 1 saturated carbocycles. The van der Waals surface area contributed by atoms with Gasteiger partial charge in [0.1, 0.15) is 0 Å². The second kappa shape index (κ2) is 7.66. The molecular formula is C17H21ClN2O4. The quantitative estimate of drug-likeness (QED) is 0.771. The molecule has 3 unspecified atom stereocenters. The molecule has 2 N–H and O–H groups in total. The van der Waals surface area contributed by atoms with E-state index in [4.69, 9.17) is 11.6 Å². The number of esters is 1. The van der Waals surface area contributed by atoms with Crippen molar-refractivity contribution in [2.75, 3.05) is 12.4 Å². The summed E-state index contributed by atoms with van der Waals surface area (Å²) in [6, 6.07) is 4.59. The van der Waals surface area contributed by atoms with Gasteiger partial charge >= 0.3 is 5.97 Å². The summed E-state index contributed by atoms with van der Waals surface area (Å²) in [4.78, 5) is 35.8. The summed E-state index contributed by atoms with van der Waals surface area (Å²) in [7, 11) is 1.28. The zero-order valence-electron chi connectivity index (χ0n) is 13.9. The van der Waals surface area contributed by atoms with Gasteiger partial charge in [0.2, 0.25) is 11.8 Å². The molecule has 0 aliphatic heterocycles. The molecule has 0 radical (unpaired) electrons. The van der Waals surface area contributed by atoms with Crippen LogP contribution in [-0.4, -0.2) is 30.9 Å². The molecule has 1 aliphatic carbocycles. The number of hydrogen-bond acceptors (Lipinski definition) is 4. The molecule has 0 spiro atoms. The van der Waals surface area contributed by atoms with Gasteiger partial charge in [-0.05, 0) is 38.0 Å². The van der Waals surface area contributed by atoms with Crippen LogP contribution >= 0.6 is 11.6 Å². The molecule has 6 nitrogen and oxygen atoms in total. The Morgan fingerprint density at radius 3 is 2.58 bits per heavy atom. The molecule has 2 amide bonds. The smallest absolute Gasteiger partial charge is 0.337 e. The lowest BCUT2D eigenvalue weighted by Gasteiger charge is -2.11. The van der Waals surface area contributed by atoms with E-state index < -0.39 is 5.97 Å². The standard InChI is InChI=1S/C17H21ClN2O4/c1-4-9(2)19-15(21)11-8-12(11)16(22)20-14-7-10(17(23)24-3)5-6-13(14)18/h5-7,9,11-12H,4,8H2,1-3H3,(H,19,21)(H,20,22). The van der Waals surface area contributed by atoms with Crippen molar-refractivity contribution in [1.82, 2.24) is 5.32 Å². The zero-order valence-corrected chi connectivity index (χ0v) is 14.6. The van der Waals surface area contributed by atoms with Gasteiger partial charge in [-0.25, -0.2) is 4.79 Å². The number of methoxy groups -OCH3 is 1. The molecule has 1 aromatic carbocycles. The van der Waals surface area contributed by atoms with Crippen LogP contribution in [0.3, 0.4) is 0 Å². The third-order valence-corrected chi connectivity index (χ3v) is 4.44. The first kappa shape index (κ1) is 18.3. The molecular weight excluding hydrogens is 332 g/mol. The van der Waals surface area contributed by atoms with Crippen molar-refractivity contribution in [1.29, 1.82) is 0 Å². The lowest BCUT2D eigenvalue weighted by atomic mass is 10.2. The van der Waals surface area contributed by atoms with Gasteiger partial charge < -0.3 is 15.4 Å². The first-order valence-electron chi connectivity index (χ1n) is 7.86. The van der Waals surface area contributed by atoms with Crippen molar-refractivity contribution in [2.24, 2.45) is 11.8 Å². The topological polar surface area (TPSA) is 84.5 Å². The third-order valence-electron chi connectivity index (χ3n) is 4.11. The highest BCUT2D eigenvalue weighted by atomic mass is 35.5. The van der Waals surface area contributed by atoms with E-state index in [0.717, 1.165) is 6.42 Å². The van der Waals surface area contributed by atoms with Gasteiger partial charge in [-0.2, -0.15) is 0 Å². The first-order valence-corrected chi connectivity index (χ1v) is 8.24. The molecule has 1 aliphatic rings. The lowest BCUT2D eigenvalue weighted by molar-refractivity contribution is -0.125. The highest BCUT2D eigenvalue weighted by molar-refractivity contribution is 6.34. The van der Waals surface area contributed by atoms with Gasteiger partial charge in [0.05, 0.1) is 35.2 Å². The normalized spacial score (nSPS) is 20.0. The number of anilines is 1. The Morgan fingerprint density at radius 2 is 1.96 bits per heavy atom. The van der Waals surface area contributed by atoms with Crippen LogP contribution in [0.1, 0.15) is 37.0 Å². The third kappa shape index (κ3) is 4.26. The fourth-order valence-electron chi connectivity index (χ4n) is 2.32. The van der Waals surface area contributed by atoms with Crippen LogP contribution in [0.15, 0.2) is 18.2 Å². The Labute approximate surface area is 145 Å². The van der Waals surface area contributed by atoms with Crippen molar-refractivity contribution in [3.63, 3.8) is 0 Å². The Kier molecular flexibility index (Phi) is 5.83. The zero-order chi connectivity index (χ0) is 17.9. The Bertz CT molecular complexity index is 662. The molecule has 0 bridgehead atoms. The number of amides is 2. The number of halogens is 1. The maximum atomic E-state index is 12.3. The van der Waals surface area contributed by atoms with Gasteiger partial charge in [0.15, 0.2) is 0 Å². The summed E-state index contributed by atoms with van der Waals surface area (Å²) in [5.41, 5.74) is 0.622. The van der Waals surface area contributed by atoms with E-state index in [1.165, 1.54) is 25.3 Å². The van der Waals surface area contributed by atoms with Gasteiger partial charge in [-0.1, -0.05) is 18.5 Å². The molecule has 3 atom stereocenters. The SMILES string of the molecule is CCC(C)NC(=O)C1CC1C(=O)Nc1cc(C(=O)OC)ccc1Cl. The minimum atomic E-state index is -0.514. The molecule has 0 heterocycles. The van der Waals surface area contributed by atoms with Crippen LogP contribution in [-0.2, 0) is 14.3 Å². The second-order valence-electron chi connectivity index (χ2n) is 5.94. The van der Waals surface area contributed by atoms with Crippen molar-refractivity contribution in [3.05, 3.63) is 28.8 Å². The fourth-order valence-corrected chi connectivity index (χ4v) is 2.48. The van der Waals surface area contributed by atoms with E-state index >= 15 is 0 Å². The van der Waals surface area contributed by atoms with E-state index in [2.05, 4.69) is 15.4 Å². The highest BCUT2D eigenvalue weighted by Gasteiger charge is 2.48. The number of rotatable bonds is 6. The average molecular weight is 353 g/mol. The Morgan fingerprint density at radius 1 is 1.29 bits per heavy atom. The molecule has 1 fully saturated rings. The van der Waals surface area contributed by atoms with Gasteiger partial charge in [-0.3, -0.25) is 9.59 Å². The summed E-state index contributed by atoms with van der Waals surface area (Å²) in [6.07, 6.45) is 1.35. The molecule has 130 valence electrons. The van der Waals surface area contributed by atoms with Crippen molar-refractivity contribution in [3.8, 4) is 0 Å². The van der Waals surface area contributed by atoms with Crippen molar-refractivity contribution >= 4 is 35.1 Å². The summed E-state index contributed by atoms with van der Waals surface area (Å²) in [5, 5.41) is 5.88. The van der Waals surface area contributed by atoms with E-state index in [0.29, 0.717) is 22.7 Å². The maximum absolute atomic E-state index is 12.3. The summed E-state index contributed by atoms with van der Waals surface area (Å²) in [5.74, 6) is -1.56. The molecule has 0 aromatic heterocycles. The second-order valence-corrected chi connectivity index (χ2v) is 6.35. The molecule has 0 saturated heterocycles. The van der Waals surface area contributed by atoms with E-state index in [1.54, 1.807) is 0 Å².